The second-order valence-corrected chi connectivity index (χ2v) is 6.51. The van der Waals surface area contributed by atoms with Crippen molar-refractivity contribution in [1.82, 2.24) is 19.9 Å². The van der Waals surface area contributed by atoms with Crippen LogP contribution < -0.4 is 11.1 Å². The van der Waals surface area contributed by atoms with Crippen molar-refractivity contribution in [1.29, 1.82) is 5.41 Å². The zero-order valence-electron chi connectivity index (χ0n) is 15.0. The molecule has 1 aliphatic rings. The van der Waals surface area contributed by atoms with Crippen LogP contribution >= 0.6 is 0 Å². The second-order valence-electron chi connectivity index (χ2n) is 6.51. The fourth-order valence-electron chi connectivity index (χ4n) is 3.28. The number of benzene rings is 1. The Bertz CT molecular complexity index is 913. The lowest BCUT2D eigenvalue weighted by molar-refractivity contribution is 0.0398. The largest absolute Gasteiger partial charge is 0.383 e. The molecular weight excluding hydrogens is 342 g/mol. The maximum absolute atomic E-state index is 8.66. The minimum absolute atomic E-state index is 0.276. The number of nitrogens with zero attached hydrogens (tertiary/aromatic N) is 3. The summed E-state index contributed by atoms with van der Waals surface area (Å²) in [5.41, 5.74) is 8.56. The van der Waals surface area contributed by atoms with Crippen LogP contribution in [0.2, 0.25) is 0 Å². The van der Waals surface area contributed by atoms with E-state index in [9.17, 15) is 0 Å². The molecule has 1 fully saturated rings. The molecule has 1 saturated heterocycles. The van der Waals surface area contributed by atoms with Gasteiger partial charge in [0.15, 0.2) is 0 Å². The highest BCUT2D eigenvalue weighted by Gasteiger charge is 2.18. The lowest BCUT2D eigenvalue weighted by atomic mass is 10.1. The second kappa shape index (κ2) is 7.73. The molecule has 0 saturated carbocycles. The number of morpholine rings is 1. The van der Waals surface area contributed by atoms with Crippen LogP contribution in [0.3, 0.4) is 0 Å². The molecule has 0 unspecified atom stereocenters. The molecule has 1 aliphatic heterocycles. The van der Waals surface area contributed by atoms with E-state index < -0.39 is 0 Å². The number of nitrogens with one attached hydrogen (secondary N) is 3. The quantitative estimate of drug-likeness (QED) is 0.494. The first-order chi connectivity index (χ1) is 13.2. The number of H-pyrrole nitrogens is 1. The highest BCUT2D eigenvalue weighted by Crippen LogP contribution is 2.23. The number of anilines is 2. The average molecular weight is 365 g/mol. The lowest BCUT2D eigenvalue weighted by Crippen LogP contribution is -2.39. The lowest BCUT2D eigenvalue weighted by Gasteiger charge is -2.26. The summed E-state index contributed by atoms with van der Waals surface area (Å²) in [6, 6.07) is 9.88. The number of hydrogen-bond acceptors (Lipinski definition) is 7. The average Bonchev–Trinajstić information content (AvgIpc) is 3.13. The number of aromatic nitrogens is 3. The van der Waals surface area contributed by atoms with E-state index in [1.54, 1.807) is 0 Å². The first kappa shape index (κ1) is 17.4. The molecule has 0 radical (unpaired) electrons. The Hall–Kier alpha value is -2.97. The Balaban J connectivity index is 1.53. The summed E-state index contributed by atoms with van der Waals surface area (Å²) in [4.78, 5) is 14.0. The molecule has 0 spiro atoms. The van der Waals surface area contributed by atoms with Gasteiger partial charge in [-0.15, -0.1) is 0 Å². The van der Waals surface area contributed by atoms with Crippen molar-refractivity contribution < 1.29 is 4.74 Å². The molecule has 2 aromatic heterocycles. The van der Waals surface area contributed by atoms with Crippen molar-refractivity contribution >= 4 is 28.3 Å². The van der Waals surface area contributed by atoms with Crippen LogP contribution in [0, 0.1) is 5.41 Å². The van der Waals surface area contributed by atoms with Crippen LogP contribution in [0.4, 0.5) is 11.6 Å². The molecule has 0 amide bonds. The highest BCUT2D eigenvalue weighted by molar-refractivity contribution is 6.16. The Morgan fingerprint density at radius 1 is 1.26 bits per heavy atom. The molecule has 140 valence electrons. The zero-order valence-corrected chi connectivity index (χ0v) is 15.0. The molecule has 5 N–H and O–H groups in total. The minimum Gasteiger partial charge on any atom is -0.383 e. The topological polar surface area (TPSA) is 116 Å². The van der Waals surface area contributed by atoms with E-state index in [1.807, 2.05) is 30.3 Å². The number of nitrogens with two attached hydrogens (primary N) is 1. The monoisotopic (exact) mass is 365 g/mol. The summed E-state index contributed by atoms with van der Waals surface area (Å²) >= 11 is 0. The zero-order chi connectivity index (χ0) is 18.6. The third-order valence-electron chi connectivity index (χ3n) is 4.75. The molecule has 0 aliphatic carbocycles. The van der Waals surface area contributed by atoms with Crippen molar-refractivity contribution in [3.05, 3.63) is 47.9 Å². The van der Waals surface area contributed by atoms with Gasteiger partial charge in [-0.1, -0.05) is 18.2 Å². The number of nitrogen functional groups attached to an aromatic ring is 1. The number of aromatic amines is 1. The third-order valence-corrected chi connectivity index (χ3v) is 4.75. The maximum Gasteiger partial charge on any atom is 0.141 e. The van der Waals surface area contributed by atoms with Gasteiger partial charge < -0.3 is 20.8 Å². The number of rotatable bonds is 6. The van der Waals surface area contributed by atoms with Gasteiger partial charge in [-0.2, -0.15) is 0 Å². The van der Waals surface area contributed by atoms with E-state index in [-0.39, 0.29) is 5.71 Å². The van der Waals surface area contributed by atoms with Crippen LogP contribution in [0.15, 0.2) is 36.7 Å². The number of fused-ring (bicyclic) bond motifs is 1. The van der Waals surface area contributed by atoms with Crippen LogP contribution in [0.1, 0.15) is 11.3 Å². The molecule has 0 atom stereocenters. The highest BCUT2D eigenvalue weighted by atomic mass is 16.5. The van der Waals surface area contributed by atoms with E-state index >= 15 is 0 Å². The Morgan fingerprint density at radius 2 is 2.07 bits per heavy atom. The predicted octanol–water partition coefficient (Wildman–Crippen LogP) is 1.70. The number of para-hydroxylation sites is 1. The van der Waals surface area contributed by atoms with Crippen LogP contribution in [-0.2, 0) is 4.74 Å². The molecule has 3 heterocycles. The first-order valence-corrected chi connectivity index (χ1v) is 9.04. The molecule has 4 rings (SSSR count). The smallest absolute Gasteiger partial charge is 0.141 e. The first-order valence-electron chi connectivity index (χ1n) is 9.04. The van der Waals surface area contributed by atoms with Crippen LogP contribution in [0.25, 0.3) is 10.9 Å². The van der Waals surface area contributed by atoms with E-state index in [4.69, 9.17) is 15.9 Å². The van der Waals surface area contributed by atoms with E-state index in [2.05, 4.69) is 25.2 Å². The Labute approximate surface area is 157 Å². The Kier molecular flexibility index (Phi) is 4.99. The number of ether oxygens (including phenoxy) is 1. The molecular formula is C19H23N7O. The van der Waals surface area contributed by atoms with Gasteiger partial charge in [-0.25, -0.2) is 9.97 Å². The SMILES string of the molecule is N=C(c1cc2ccccc2[nH]1)c1c(N)ncnc1NCCN1CCOCC1. The van der Waals surface area contributed by atoms with E-state index in [0.29, 0.717) is 29.4 Å². The van der Waals surface area contributed by atoms with Crippen molar-refractivity contribution in [2.75, 3.05) is 50.4 Å². The molecule has 3 aromatic rings. The number of hydrogen-bond donors (Lipinski definition) is 4. The third kappa shape index (κ3) is 3.76. The molecule has 1 aromatic carbocycles. The summed E-state index contributed by atoms with van der Waals surface area (Å²) < 4.78 is 5.37. The summed E-state index contributed by atoms with van der Waals surface area (Å²) in [6.07, 6.45) is 1.42. The van der Waals surface area contributed by atoms with Gasteiger partial charge in [0.2, 0.25) is 0 Å². The van der Waals surface area contributed by atoms with Gasteiger partial charge in [0, 0.05) is 37.1 Å². The van der Waals surface area contributed by atoms with Gasteiger partial charge in [0.25, 0.3) is 0 Å². The molecule has 8 nitrogen and oxygen atoms in total. The van der Waals surface area contributed by atoms with E-state index in [1.165, 1.54) is 6.33 Å². The van der Waals surface area contributed by atoms with Gasteiger partial charge in [-0.3, -0.25) is 10.3 Å². The van der Waals surface area contributed by atoms with Crippen LogP contribution in [-0.4, -0.2) is 65.0 Å². The summed E-state index contributed by atoms with van der Waals surface area (Å²) in [7, 11) is 0. The molecule has 27 heavy (non-hydrogen) atoms. The predicted molar refractivity (Wildman–Crippen MR) is 106 cm³/mol. The summed E-state index contributed by atoms with van der Waals surface area (Å²) in [5.74, 6) is 0.877. The summed E-state index contributed by atoms with van der Waals surface area (Å²) in [5, 5.41) is 13.0. The molecule has 0 bridgehead atoms. The van der Waals surface area contributed by atoms with E-state index in [0.717, 1.165) is 43.8 Å². The fourth-order valence-corrected chi connectivity index (χ4v) is 3.28. The standard InChI is InChI=1S/C19H23N7O/c20-17(15-11-13-3-1-2-4-14(13)25-15)16-18(21)23-12-24-19(16)22-5-6-26-7-9-27-10-8-26/h1-4,11-12,20,25H,5-10H2,(H3,21,22,23,24). The van der Waals surface area contributed by atoms with Crippen molar-refractivity contribution in [3.8, 4) is 0 Å². The van der Waals surface area contributed by atoms with Gasteiger partial charge in [0.05, 0.1) is 30.2 Å². The normalized spacial score (nSPS) is 15.1. The van der Waals surface area contributed by atoms with Gasteiger partial charge >= 0.3 is 0 Å². The van der Waals surface area contributed by atoms with Gasteiger partial charge in [-0.05, 0) is 12.1 Å². The van der Waals surface area contributed by atoms with Crippen molar-refractivity contribution in [2.45, 2.75) is 0 Å². The summed E-state index contributed by atoms with van der Waals surface area (Å²) in [6.45, 7) is 5.01. The Morgan fingerprint density at radius 3 is 2.89 bits per heavy atom. The molecule has 8 heteroatoms. The van der Waals surface area contributed by atoms with Crippen molar-refractivity contribution in [3.63, 3.8) is 0 Å². The fraction of sp³-hybridized carbons (Fsp3) is 0.316. The minimum atomic E-state index is 0.276. The maximum atomic E-state index is 8.66. The van der Waals surface area contributed by atoms with Gasteiger partial charge in [0.1, 0.15) is 18.0 Å². The van der Waals surface area contributed by atoms with Crippen LogP contribution in [0.5, 0.6) is 0 Å². The van der Waals surface area contributed by atoms with Crippen molar-refractivity contribution in [2.24, 2.45) is 0 Å².